The maximum atomic E-state index is 12.4. The lowest BCUT2D eigenvalue weighted by molar-refractivity contribution is 0.0526. The third-order valence-electron chi connectivity index (χ3n) is 5.32. The predicted octanol–water partition coefficient (Wildman–Crippen LogP) is 3.47. The minimum Gasteiger partial charge on any atom is -0.462 e. The number of hydrogen-bond acceptors (Lipinski definition) is 7. The lowest BCUT2D eigenvalue weighted by atomic mass is 9.95. The highest BCUT2D eigenvalue weighted by Gasteiger charge is 2.30. The number of aryl methyl sites for hydroxylation is 1. The molecule has 7 heteroatoms. The van der Waals surface area contributed by atoms with Gasteiger partial charge in [0.05, 0.1) is 12.3 Å². The van der Waals surface area contributed by atoms with E-state index >= 15 is 0 Å². The van der Waals surface area contributed by atoms with Crippen molar-refractivity contribution in [2.75, 3.05) is 24.6 Å². The molecule has 1 unspecified atom stereocenters. The molecule has 0 aromatic carbocycles. The van der Waals surface area contributed by atoms with Crippen LogP contribution in [0.25, 0.3) is 0 Å². The summed E-state index contributed by atoms with van der Waals surface area (Å²) in [5, 5.41) is 6.76. The summed E-state index contributed by atoms with van der Waals surface area (Å²) < 4.78 is 5.15. The van der Waals surface area contributed by atoms with Gasteiger partial charge in [-0.3, -0.25) is 0 Å². The third-order valence-corrected chi connectivity index (χ3v) is 5.32. The van der Waals surface area contributed by atoms with E-state index in [1.165, 1.54) is 38.2 Å². The summed E-state index contributed by atoms with van der Waals surface area (Å²) in [6.07, 6.45) is 7.48. The molecule has 0 bridgehead atoms. The monoisotopic (exact) mass is 360 g/mol. The quantitative estimate of drug-likeness (QED) is 0.618. The Balaban J connectivity index is 1.76. The molecule has 3 rings (SSSR count). The molecule has 0 radical (unpaired) electrons. The lowest BCUT2D eigenvalue weighted by Gasteiger charge is -2.27. The molecule has 1 atom stereocenters. The van der Waals surface area contributed by atoms with Gasteiger partial charge in [0, 0.05) is 25.2 Å². The number of nitrogens with zero attached hydrogens (tertiary/aromatic N) is 3. The van der Waals surface area contributed by atoms with E-state index in [1.54, 1.807) is 13.8 Å². The number of pyridine rings is 1. The van der Waals surface area contributed by atoms with E-state index in [-0.39, 0.29) is 12.3 Å². The number of nitrogens with one attached hydrogen (secondary N) is 1. The molecule has 1 aromatic rings. The molecule has 1 aliphatic heterocycles. The Kier molecular flexibility index (Phi) is 6.19. The molecule has 26 heavy (non-hydrogen) atoms. The second-order valence-corrected chi connectivity index (χ2v) is 7.21. The van der Waals surface area contributed by atoms with Crippen molar-refractivity contribution >= 4 is 17.5 Å². The Bertz CT molecular complexity index is 658. The van der Waals surface area contributed by atoms with E-state index in [0.717, 1.165) is 19.5 Å². The van der Waals surface area contributed by atoms with Crippen molar-refractivity contribution in [3.05, 3.63) is 22.2 Å². The van der Waals surface area contributed by atoms with Crippen LogP contribution in [0.3, 0.4) is 0 Å². The summed E-state index contributed by atoms with van der Waals surface area (Å²) in [6.45, 7) is 5.42. The first kappa shape index (κ1) is 18.8. The molecular weight excluding hydrogens is 332 g/mol. The van der Waals surface area contributed by atoms with Crippen molar-refractivity contribution in [2.45, 2.75) is 64.5 Å². The molecule has 142 valence electrons. The first-order valence-corrected chi connectivity index (χ1v) is 9.65. The number of nitroso groups, excluding NO2 is 1. The fourth-order valence-corrected chi connectivity index (χ4v) is 3.97. The summed E-state index contributed by atoms with van der Waals surface area (Å²) >= 11 is 0. The number of hydrogen-bond donors (Lipinski definition) is 1. The maximum Gasteiger partial charge on any atom is 0.341 e. The zero-order valence-electron chi connectivity index (χ0n) is 15.7. The minimum atomic E-state index is -0.455. The van der Waals surface area contributed by atoms with Gasteiger partial charge in [0.1, 0.15) is 17.1 Å². The van der Waals surface area contributed by atoms with E-state index in [2.05, 4.69) is 20.4 Å². The SMILES string of the molecule is CCOC(=O)c1cc(N=O)c(C)nc1N1CCC(NC2CCCCC2)C1. The summed E-state index contributed by atoms with van der Waals surface area (Å²) in [7, 11) is 0. The molecular formula is C19H28N4O3. The molecule has 1 aromatic heterocycles. The molecule has 0 spiro atoms. The van der Waals surface area contributed by atoms with Crippen molar-refractivity contribution < 1.29 is 9.53 Å². The van der Waals surface area contributed by atoms with Crippen LogP contribution in [0.4, 0.5) is 11.5 Å². The number of carbonyl (C=O) groups is 1. The van der Waals surface area contributed by atoms with Crippen molar-refractivity contribution in [3.63, 3.8) is 0 Å². The van der Waals surface area contributed by atoms with Crippen LogP contribution < -0.4 is 10.2 Å². The van der Waals surface area contributed by atoms with Crippen LogP contribution in [-0.4, -0.2) is 42.7 Å². The van der Waals surface area contributed by atoms with Gasteiger partial charge in [0.15, 0.2) is 0 Å². The highest BCUT2D eigenvalue weighted by Crippen LogP contribution is 2.29. The smallest absolute Gasteiger partial charge is 0.341 e. The van der Waals surface area contributed by atoms with E-state index in [1.807, 2.05) is 0 Å². The molecule has 2 fully saturated rings. The van der Waals surface area contributed by atoms with Crippen LogP contribution in [-0.2, 0) is 4.74 Å². The van der Waals surface area contributed by atoms with Gasteiger partial charge in [-0.1, -0.05) is 19.3 Å². The maximum absolute atomic E-state index is 12.4. The second-order valence-electron chi connectivity index (χ2n) is 7.21. The number of carbonyl (C=O) groups excluding carboxylic acids is 1. The van der Waals surface area contributed by atoms with Crippen LogP contribution in [0, 0.1) is 11.8 Å². The standard InChI is InChI=1S/C19H28N4O3/c1-3-26-19(24)16-11-17(22-25)13(2)20-18(16)23-10-9-15(12-23)21-14-7-5-4-6-8-14/h11,14-15,21H,3-10,12H2,1-2H3. The van der Waals surface area contributed by atoms with Gasteiger partial charge in [-0.25, -0.2) is 9.78 Å². The lowest BCUT2D eigenvalue weighted by Crippen LogP contribution is -2.41. The molecule has 2 heterocycles. The molecule has 1 saturated carbocycles. The van der Waals surface area contributed by atoms with Gasteiger partial charge < -0.3 is 15.0 Å². The van der Waals surface area contributed by atoms with Gasteiger partial charge in [0.25, 0.3) is 0 Å². The number of esters is 1. The zero-order valence-corrected chi connectivity index (χ0v) is 15.7. The summed E-state index contributed by atoms with van der Waals surface area (Å²) in [4.78, 5) is 30.0. The van der Waals surface area contributed by atoms with Gasteiger partial charge in [-0.05, 0) is 44.4 Å². The minimum absolute atomic E-state index is 0.188. The van der Waals surface area contributed by atoms with Gasteiger partial charge >= 0.3 is 5.97 Å². The normalized spacial score (nSPS) is 21.0. The Hall–Kier alpha value is -2.02. The molecule has 1 saturated heterocycles. The highest BCUT2D eigenvalue weighted by atomic mass is 16.5. The molecule has 2 aliphatic rings. The average Bonchev–Trinajstić information content (AvgIpc) is 3.10. The summed E-state index contributed by atoms with van der Waals surface area (Å²) in [5.74, 6) is 0.143. The van der Waals surface area contributed by atoms with Crippen LogP contribution in [0.15, 0.2) is 11.2 Å². The predicted molar refractivity (Wildman–Crippen MR) is 101 cm³/mol. The summed E-state index contributed by atoms with van der Waals surface area (Å²) in [5.41, 5.74) is 1.05. The Labute approximate surface area is 154 Å². The molecule has 0 amide bonds. The number of anilines is 1. The average molecular weight is 360 g/mol. The fraction of sp³-hybridized carbons (Fsp3) is 0.684. The fourth-order valence-electron chi connectivity index (χ4n) is 3.97. The van der Waals surface area contributed by atoms with Crippen molar-refractivity contribution in [1.82, 2.24) is 10.3 Å². The van der Waals surface area contributed by atoms with Crippen LogP contribution in [0.2, 0.25) is 0 Å². The zero-order chi connectivity index (χ0) is 18.5. The largest absolute Gasteiger partial charge is 0.462 e. The van der Waals surface area contributed by atoms with Gasteiger partial charge in [0.2, 0.25) is 0 Å². The molecule has 7 nitrogen and oxygen atoms in total. The number of ether oxygens (including phenoxy) is 1. The highest BCUT2D eigenvalue weighted by molar-refractivity contribution is 5.96. The van der Waals surface area contributed by atoms with Crippen LogP contribution in [0.5, 0.6) is 0 Å². The van der Waals surface area contributed by atoms with E-state index in [0.29, 0.717) is 29.2 Å². The Morgan fingerprint density at radius 2 is 2.08 bits per heavy atom. The Morgan fingerprint density at radius 3 is 2.77 bits per heavy atom. The van der Waals surface area contributed by atoms with Crippen molar-refractivity contribution in [2.24, 2.45) is 5.18 Å². The molecule has 1 aliphatic carbocycles. The second kappa shape index (κ2) is 8.58. The summed E-state index contributed by atoms with van der Waals surface area (Å²) in [6, 6.07) is 2.51. The first-order valence-electron chi connectivity index (χ1n) is 9.65. The van der Waals surface area contributed by atoms with E-state index < -0.39 is 5.97 Å². The third kappa shape index (κ3) is 4.20. The van der Waals surface area contributed by atoms with Gasteiger partial charge in [-0.15, -0.1) is 4.91 Å². The van der Waals surface area contributed by atoms with Crippen LogP contribution >= 0.6 is 0 Å². The van der Waals surface area contributed by atoms with E-state index in [9.17, 15) is 9.70 Å². The molecule has 1 N–H and O–H groups in total. The number of aromatic nitrogens is 1. The Morgan fingerprint density at radius 1 is 1.31 bits per heavy atom. The first-order chi connectivity index (χ1) is 12.6. The van der Waals surface area contributed by atoms with Crippen LogP contribution in [0.1, 0.15) is 61.5 Å². The number of rotatable bonds is 6. The van der Waals surface area contributed by atoms with Crippen molar-refractivity contribution in [1.29, 1.82) is 0 Å². The van der Waals surface area contributed by atoms with Gasteiger partial charge in [-0.2, -0.15) is 0 Å². The van der Waals surface area contributed by atoms with Crippen molar-refractivity contribution in [3.8, 4) is 0 Å². The topological polar surface area (TPSA) is 83.9 Å². The van der Waals surface area contributed by atoms with E-state index in [4.69, 9.17) is 4.74 Å².